The van der Waals surface area contributed by atoms with Gasteiger partial charge in [-0.25, -0.2) is 4.79 Å². The highest BCUT2D eigenvalue weighted by atomic mass is 16.5. The van der Waals surface area contributed by atoms with Crippen LogP contribution in [0.5, 0.6) is 0 Å². The summed E-state index contributed by atoms with van der Waals surface area (Å²) in [5, 5.41) is 3.40. The Kier molecular flexibility index (Phi) is 6.19. The predicted octanol–water partition coefficient (Wildman–Crippen LogP) is 3.44. The number of esters is 1. The first-order valence-electron chi connectivity index (χ1n) is 6.95. The normalized spacial score (nSPS) is 11.9. The van der Waals surface area contributed by atoms with E-state index in [1.54, 1.807) is 25.1 Å². The largest absolute Gasteiger partial charge is 0.462 e. The second-order valence-electron chi connectivity index (χ2n) is 4.56. The number of hydrogen-bond acceptors (Lipinski definition) is 4. The van der Waals surface area contributed by atoms with Gasteiger partial charge in [0.1, 0.15) is 0 Å². The quantitative estimate of drug-likeness (QED) is 0.585. The van der Waals surface area contributed by atoms with Crippen molar-refractivity contribution in [3.05, 3.63) is 23.8 Å². The molecule has 0 aromatic heterocycles. The van der Waals surface area contributed by atoms with Gasteiger partial charge in [-0.05, 0) is 38.0 Å². The van der Waals surface area contributed by atoms with Crippen molar-refractivity contribution in [3.63, 3.8) is 0 Å². The number of nitrogens with two attached hydrogens (primary N) is 1. The first kappa shape index (κ1) is 15.3. The molecular weight excluding hydrogens is 240 g/mol. The SMILES string of the molecule is CCCC(CC)Nc1cc(C(=O)OCC)ccc1N. The highest BCUT2D eigenvalue weighted by Crippen LogP contribution is 2.23. The maximum atomic E-state index is 11.7. The van der Waals surface area contributed by atoms with Gasteiger partial charge in [0.05, 0.1) is 23.5 Å². The van der Waals surface area contributed by atoms with Crippen LogP contribution in [-0.4, -0.2) is 18.6 Å². The first-order valence-corrected chi connectivity index (χ1v) is 6.95. The molecule has 0 heterocycles. The van der Waals surface area contributed by atoms with Crippen LogP contribution >= 0.6 is 0 Å². The van der Waals surface area contributed by atoms with Gasteiger partial charge in [0.2, 0.25) is 0 Å². The van der Waals surface area contributed by atoms with E-state index in [1.807, 2.05) is 0 Å². The molecule has 0 aliphatic rings. The molecule has 1 rings (SSSR count). The lowest BCUT2D eigenvalue weighted by atomic mass is 10.1. The van der Waals surface area contributed by atoms with Gasteiger partial charge < -0.3 is 15.8 Å². The Morgan fingerprint density at radius 3 is 2.68 bits per heavy atom. The third-order valence-corrected chi connectivity index (χ3v) is 3.05. The fourth-order valence-corrected chi connectivity index (χ4v) is 1.97. The summed E-state index contributed by atoms with van der Waals surface area (Å²) in [4.78, 5) is 11.7. The Morgan fingerprint density at radius 1 is 1.37 bits per heavy atom. The lowest BCUT2D eigenvalue weighted by molar-refractivity contribution is 0.0526. The lowest BCUT2D eigenvalue weighted by Crippen LogP contribution is -2.19. The fraction of sp³-hybridized carbons (Fsp3) is 0.533. The van der Waals surface area contributed by atoms with E-state index in [0.29, 0.717) is 23.9 Å². The summed E-state index contributed by atoms with van der Waals surface area (Å²) < 4.78 is 4.99. The number of benzene rings is 1. The molecule has 19 heavy (non-hydrogen) atoms. The number of ether oxygens (including phenoxy) is 1. The second kappa shape index (κ2) is 7.67. The van der Waals surface area contributed by atoms with Gasteiger partial charge in [-0.3, -0.25) is 0 Å². The van der Waals surface area contributed by atoms with Crippen molar-refractivity contribution in [2.24, 2.45) is 0 Å². The summed E-state index contributed by atoms with van der Waals surface area (Å²) in [6, 6.07) is 5.59. The van der Waals surface area contributed by atoms with E-state index in [4.69, 9.17) is 10.5 Å². The maximum absolute atomic E-state index is 11.7. The van der Waals surface area contributed by atoms with E-state index in [0.717, 1.165) is 24.9 Å². The predicted molar refractivity (Wildman–Crippen MR) is 79.4 cm³/mol. The zero-order valence-electron chi connectivity index (χ0n) is 12.0. The zero-order chi connectivity index (χ0) is 14.3. The molecule has 0 amide bonds. The molecule has 4 nitrogen and oxygen atoms in total. The summed E-state index contributed by atoms with van der Waals surface area (Å²) in [5.41, 5.74) is 7.95. The van der Waals surface area contributed by atoms with Crippen LogP contribution in [0.1, 0.15) is 50.4 Å². The van der Waals surface area contributed by atoms with E-state index >= 15 is 0 Å². The number of rotatable bonds is 7. The van der Waals surface area contributed by atoms with Crippen molar-refractivity contribution in [1.29, 1.82) is 0 Å². The second-order valence-corrected chi connectivity index (χ2v) is 4.56. The summed E-state index contributed by atoms with van der Waals surface area (Å²) in [7, 11) is 0. The Bertz CT molecular complexity index is 419. The van der Waals surface area contributed by atoms with Crippen molar-refractivity contribution < 1.29 is 9.53 Å². The van der Waals surface area contributed by atoms with E-state index in [1.165, 1.54) is 0 Å². The Labute approximate surface area is 115 Å². The average Bonchev–Trinajstić information content (AvgIpc) is 2.40. The molecule has 0 bridgehead atoms. The van der Waals surface area contributed by atoms with E-state index in [9.17, 15) is 4.79 Å². The van der Waals surface area contributed by atoms with Gasteiger partial charge in [0.25, 0.3) is 0 Å². The van der Waals surface area contributed by atoms with Gasteiger partial charge in [-0.1, -0.05) is 20.3 Å². The number of carbonyl (C=O) groups is 1. The van der Waals surface area contributed by atoms with E-state index in [2.05, 4.69) is 19.2 Å². The minimum atomic E-state index is -0.311. The summed E-state index contributed by atoms with van der Waals surface area (Å²) in [6.07, 6.45) is 3.22. The van der Waals surface area contributed by atoms with Gasteiger partial charge >= 0.3 is 5.97 Å². The smallest absolute Gasteiger partial charge is 0.338 e. The molecule has 3 N–H and O–H groups in total. The highest BCUT2D eigenvalue weighted by molar-refractivity contribution is 5.92. The van der Waals surface area contributed by atoms with Crippen LogP contribution in [0.15, 0.2) is 18.2 Å². The average molecular weight is 264 g/mol. The summed E-state index contributed by atoms with van der Waals surface area (Å²) in [5.74, 6) is -0.311. The van der Waals surface area contributed by atoms with Crippen molar-refractivity contribution in [2.45, 2.75) is 46.1 Å². The third-order valence-electron chi connectivity index (χ3n) is 3.05. The maximum Gasteiger partial charge on any atom is 0.338 e. The van der Waals surface area contributed by atoms with Crippen molar-refractivity contribution in [3.8, 4) is 0 Å². The molecule has 0 aliphatic carbocycles. The molecular formula is C15H24N2O2. The molecule has 0 saturated heterocycles. The summed E-state index contributed by atoms with van der Waals surface area (Å²) >= 11 is 0. The van der Waals surface area contributed by atoms with Gasteiger partial charge in [-0.2, -0.15) is 0 Å². The first-order chi connectivity index (χ1) is 9.12. The number of hydrogen-bond donors (Lipinski definition) is 2. The standard InChI is InChI=1S/C15H24N2O2/c1-4-7-12(5-2)17-14-10-11(8-9-13(14)16)15(18)19-6-3/h8-10,12,17H,4-7,16H2,1-3H3. The molecule has 1 unspecified atom stereocenters. The highest BCUT2D eigenvalue weighted by Gasteiger charge is 2.11. The Hall–Kier alpha value is -1.71. The van der Waals surface area contributed by atoms with Crippen LogP contribution in [0.4, 0.5) is 11.4 Å². The molecule has 0 spiro atoms. The number of carbonyl (C=O) groups excluding carboxylic acids is 1. The number of nitrogen functional groups attached to an aromatic ring is 1. The minimum Gasteiger partial charge on any atom is -0.462 e. The molecule has 4 heteroatoms. The molecule has 1 atom stereocenters. The van der Waals surface area contributed by atoms with Crippen molar-refractivity contribution >= 4 is 17.3 Å². The van der Waals surface area contributed by atoms with Crippen LogP contribution < -0.4 is 11.1 Å². The molecule has 0 saturated carbocycles. The van der Waals surface area contributed by atoms with Crippen LogP contribution in [0.25, 0.3) is 0 Å². The Morgan fingerprint density at radius 2 is 2.11 bits per heavy atom. The monoisotopic (exact) mass is 264 g/mol. The lowest BCUT2D eigenvalue weighted by Gasteiger charge is -2.19. The molecule has 0 aliphatic heterocycles. The molecule has 1 aromatic carbocycles. The molecule has 1 aromatic rings. The van der Waals surface area contributed by atoms with E-state index < -0.39 is 0 Å². The van der Waals surface area contributed by atoms with Gasteiger partial charge in [0.15, 0.2) is 0 Å². The Balaban J connectivity index is 2.87. The minimum absolute atomic E-state index is 0.311. The van der Waals surface area contributed by atoms with Crippen LogP contribution in [-0.2, 0) is 4.74 Å². The van der Waals surface area contributed by atoms with E-state index in [-0.39, 0.29) is 5.97 Å². The topological polar surface area (TPSA) is 64.3 Å². The van der Waals surface area contributed by atoms with Gasteiger partial charge in [-0.15, -0.1) is 0 Å². The molecule has 0 fully saturated rings. The van der Waals surface area contributed by atoms with Gasteiger partial charge in [0, 0.05) is 6.04 Å². The van der Waals surface area contributed by atoms with Crippen LogP contribution in [0.3, 0.4) is 0 Å². The number of anilines is 2. The summed E-state index contributed by atoms with van der Waals surface area (Å²) in [6.45, 7) is 6.46. The fourth-order valence-electron chi connectivity index (χ4n) is 1.97. The van der Waals surface area contributed by atoms with Crippen LogP contribution in [0.2, 0.25) is 0 Å². The van der Waals surface area contributed by atoms with Crippen molar-refractivity contribution in [2.75, 3.05) is 17.7 Å². The number of nitrogens with one attached hydrogen (secondary N) is 1. The molecule has 0 radical (unpaired) electrons. The zero-order valence-corrected chi connectivity index (χ0v) is 12.0. The van der Waals surface area contributed by atoms with Crippen LogP contribution in [0, 0.1) is 0 Å². The third kappa shape index (κ3) is 4.47. The van der Waals surface area contributed by atoms with Crippen molar-refractivity contribution in [1.82, 2.24) is 0 Å². The molecule has 106 valence electrons.